The molecule has 3 nitrogen and oxygen atoms in total. The molecule has 2 N–H and O–H groups in total. The molecule has 0 saturated heterocycles. The molecule has 0 spiro atoms. The van der Waals surface area contributed by atoms with E-state index in [0.717, 1.165) is 40.6 Å². The third-order valence-electron chi connectivity index (χ3n) is 5.02. The molecule has 3 heteroatoms. The lowest BCUT2D eigenvalue weighted by molar-refractivity contribution is 0.0697. The van der Waals surface area contributed by atoms with E-state index in [-0.39, 0.29) is 0 Å². The number of aryl methyl sites for hydroxylation is 1. The molecule has 1 aliphatic rings. The fraction of sp³-hybridized carbons (Fsp3) is 0.227. The molecule has 0 atom stereocenters. The number of aromatic carboxylic acids is 1. The Balaban J connectivity index is 2.04. The van der Waals surface area contributed by atoms with Crippen LogP contribution in [0.2, 0.25) is 0 Å². The van der Waals surface area contributed by atoms with Crippen molar-refractivity contribution < 1.29 is 9.90 Å². The van der Waals surface area contributed by atoms with Gasteiger partial charge in [-0.2, -0.15) is 0 Å². The van der Waals surface area contributed by atoms with Crippen LogP contribution in [0.5, 0.6) is 0 Å². The minimum atomic E-state index is -0.890. The van der Waals surface area contributed by atoms with Crippen molar-refractivity contribution in [2.75, 3.05) is 0 Å². The summed E-state index contributed by atoms with van der Waals surface area (Å²) in [6.07, 6.45) is 6.99. The number of hydrogen-bond donors (Lipinski definition) is 2. The number of carboxylic acid groups (broad SMARTS) is 1. The number of carbonyl (C=O) groups is 1. The highest BCUT2D eigenvalue weighted by Gasteiger charge is 2.20. The van der Waals surface area contributed by atoms with Gasteiger partial charge >= 0.3 is 5.97 Å². The van der Waals surface area contributed by atoms with Crippen molar-refractivity contribution in [1.29, 1.82) is 0 Å². The first-order chi connectivity index (χ1) is 12.1. The smallest absolute Gasteiger partial charge is 0.335 e. The second-order valence-corrected chi connectivity index (χ2v) is 6.74. The molecular weight excluding hydrogens is 310 g/mol. The molecule has 0 unspecified atom stereocenters. The highest BCUT2D eigenvalue weighted by Crippen LogP contribution is 2.40. The van der Waals surface area contributed by atoms with Crippen LogP contribution in [0.25, 0.3) is 27.7 Å². The number of H-pyrrole nitrogens is 1. The van der Waals surface area contributed by atoms with Gasteiger partial charge in [0.25, 0.3) is 0 Å². The Hall–Kier alpha value is -2.81. The van der Waals surface area contributed by atoms with Gasteiger partial charge in [0.1, 0.15) is 0 Å². The zero-order chi connectivity index (χ0) is 17.4. The largest absolute Gasteiger partial charge is 0.478 e. The zero-order valence-electron chi connectivity index (χ0n) is 14.3. The van der Waals surface area contributed by atoms with E-state index in [2.05, 4.69) is 23.2 Å². The lowest BCUT2D eigenvalue weighted by Crippen LogP contribution is -1.97. The average Bonchev–Trinajstić information content (AvgIpc) is 3.03. The summed E-state index contributed by atoms with van der Waals surface area (Å²) < 4.78 is 0. The normalized spacial score (nSPS) is 14.5. The van der Waals surface area contributed by atoms with Crippen LogP contribution in [0.4, 0.5) is 0 Å². The quantitative estimate of drug-likeness (QED) is 0.637. The number of hydrogen-bond acceptors (Lipinski definition) is 1. The van der Waals surface area contributed by atoms with Crippen LogP contribution in [0.15, 0.2) is 48.5 Å². The number of aromatic amines is 1. The SMILES string of the molecule is Cc1cc(C(=O)O)cc2[nH]c(-c3ccccc3)c(C3=CCCCC3)c12. The van der Waals surface area contributed by atoms with Crippen LogP contribution >= 0.6 is 0 Å². The van der Waals surface area contributed by atoms with Crippen LogP contribution in [0.3, 0.4) is 0 Å². The molecule has 1 aliphatic carbocycles. The summed E-state index contributed by atoms with van der Waals surface area (Å²) in [5.41, 5.74) is 7.09. The summed E-state index contributed by atoms with van der Waals surface area (Å²) in [7, 11) is 0. The van der Waals surface area contributed by atoms with Gasteiger partial charge in [0.15, 0.2) is 0 Å². The second-order valence-electron chi connectivity index (χ2n) is 6.74. The Morgan fingerprint density at radius 2 is 1.92 bits per heavy atom. The number of rotatable bonds is 3. The van der Waals surface area contributed by atoms with E-state index in [1.807, 2.05) is 25.1 Å². The molecule has 0 saturated carbocycles. The monoisotopic (exact) mass is 331 g/mol. The zero-order valence-corrected chi connectivity index (χ0v) is 14.3. The predicted octanol–water partition coefficient (Wildman–Crippen LogP) is 5.80. The summed E-state index contributed by atoms with van der Waals surface area (Å²) in [6, 6.07) is 13.8. The molecule has 126 valence electrons. The summed E-state index contributed by atoms with van der Waals surface area (Å²) in [4.78, 5) is 14.9. The highest BCUT2D eigenvalue weighted by atomic mass is 16.4. The molecule has 25 heavy (non-hydrogen) atoms. The van der Waals surface area contributed by atoms with Crippen LogP contribution in [0, 0.1) is 6.92 Å². The van der Waals surface area contributed by atoms with Gasteiger partial charge in [-0.3, -0.25) is 0 Å². The van der Waals surface area contributed by atoms with Gasteiger partial charge in [0.2, 0.25) is 0 Å². The van der Waals surface area contributed by atoms with Crippen LogP contribution < -0.4 is 0 Å². The number of aromatic nitrogens is 1. The Labute approximate surface area is 147 Å². The third kappa shape index (κ3) is 2.76. The van der Waals surface area contributed by atoms with Crippen molar-refractivity contribution >= 4 is 22.4 Å². The van der Waals surface area contributed by atoms with E-state index in [9.17, 15) is 9.90 Å². The van der Waals surface area contributed by atoms with Gasteiger partial charge in [-0.25, -0.2) is 4.79 Å². The van der Waals surface area contributed by atoms with Crippen LogP contribution in [0.1, 0.15) is 47.2 Å². The molecule has 3 aromatic rings. The predicted molar refractivity (Wildman–Crippen MR) is 102 cm³/mol. The summed E-state index contributed by atoms with van der Waals surface area (Å²) in [5, 5.41) is 10.5. The number of carboxylic acids is 1. The first-order valence-corrected chi connectivity index (χ1v) is 8.79. The van der Waals surface area contributed by atoms with Crippen molar-refractivity contribution in [3.8, 4) is 11.3 Å². The minimum absolute atomic E-state index is 0.329. The average molecular weight is 331 g/mol. The van der Waals surface area contributed by atoms with Crippen molar-refractivity contribution in [3.63, 3.8) is 0 Å². The molecule has 0 fully saturated rings. The Morgan fingerprint density at radius 1 is 1.12 bits per heavy atom. The first-order valence-electron chi connectivity index (χ1n) is 8.79. The molecule has 0 bridgehead atoms. The Morgan fingerprint density at radius 3 is 2.60 bits per heavy atom. The lowest BCUT2D eigenvalue weighted by atomic mass is 9.89. The molecule has 1 heterocycles. The van der Waals surface area contributed by atoms with Gasteiger partial charge in [0.05, 0.1) is 11.3 Å². The summed E-state index contributed by atoms with van der Waals surface area (Å²) in [6.45, 7) is 2.00. The van der Waals surface area contributed by atoms with E-state index in [0.29, 0.717) is 5.56 Å². The fourth-order valence-corrected chi connectivity index (χ4v) is 3.87. The number of allylic oxidation sites excluding steroid dienone is 2. The number of benzene rings is 2. The van der Waals surface area contributed by atoms with Gasteiger partial charge in [-0.1, -0.05) is 36.4 Å². The first kappa shape index (κ1) is 15.7. The standard InChI is InChI=1S/C22H21NO2/c1-14-12-17(22(24)25)13-18-19(14)20(15-8-4-2-5-9-15)21(23-18)16-10-6-3-7-11-16/h3,6-8,10-13,23H,2,4-5,9H2,1H3,(H,24,25). The van der Waals surface area contributed by atoms with E-state index in [1.54, 1.807) is 12.1 Å². The van der Waals surface area contributed by atoms with Gasteiger partial charge in [-0.15, -0.1) is 0 Å². The second kappa shape index (κ2) is 6.25. The van der Waals surface area contributed by atoms with Crippen LogP contribution in [-0.4, -0.2) is 16.1 Å². The Bertz CT molecular complexity index is 980. The molecule has 4 rings (SSSR count). The Kier molecular flexibility index (Phi) is 3.92. The molecule has 0 aliphatic heterocycles. The summed E-state index contributed by atoms with van der Waals surface area (Å²) in [5.74, 6) is -0.890. The summed E-state index contributed by atoms with van der Waals surface area (Å²) >= 11 is 0. The van der Waals surface area contributed by atoms with E-state index in [1.165, 1.54) is 24.0 Å². The number of fused-ring (bicyclic) bond motifs is 1. The van der Waals surface area contributed by atoms with Gasteiger partial charge < -0.3 is 10.1 Å². The molecule has 0 radical (unpaired) electrons. The maximum Gasteiger partial charge on any atom is 0.335 e. The van der Waals surface area contributed by atoms with E-state index >= 15 is 0 Å². The van der Waals surface area contributed by atoms with E-state index in [4.69, 9.17) is 0 Å². The van der Waals surface area contributed by atoms with Crippen molar-refractivity contribution in [2.45, 2.75) is 32.6 Å². The molecular formula is C22H21NO2. The maximum absolute atomic E-state index is 11.4. The molecule has 2 aromatic carbocycles. The van der Waals surface area contributed by atoms with Crippen molar-refractivity contribution in [2.24, 2.45) is 0 Å². The lowest BCUT2D eigenvalue weighted by Gasteiger charge is -2.15. The molecule has 1 aromatic heterocycles. The van der Waals surface area contributed by atoms with Crippen molar-refractivity contribution in [3.05, 3.63) is 65.2 Å². The highest BCUT2D eigenvalue weighted by molar-refractivity contribution is 6.04. The van der Waals surface area contributed by atoms with Gasteiger partial charge in [-0.05, 0) is 61.4 Å². The fourth-order valence-electron chi connectivity index (χ4n) is 3.87. The number of nitrogens with one attached hydrogen (secondary N) is 1. The van der Waals surface area contributed by atoms with Crippen molar-refractivity contribution in [1.82, 2.24) is 4.98 Å². The third-order valence-corrected chi connectivity index (χ3v) is 5.02. The topological polar surface area (TPSA) is 53.1 Å². The van der Waals surface area contributed by atoms with Crippen LogP contribution in [-0.2, 0) is 0 Å². The molecule has 0 amide bonds. The maximum atomic E-state index is 11.4. The minimum Gasteiger partial charge on any atom is -0.478 e. The van der Waals surface area contributed by atoms with Gasteiger partial charge in [0, 0.05) is 16.5 Å². The van der Waals surface area contributed by atoms with E-state index < -0.39 is 5.97 Å².